The van der Waals surface area contributed by atoms with E-state index in [1.165, 1.54) is 22.3 Å². The van der Waals surface area contributed by atoms with E-state index >= 15 is 0 Å². The summed E-state index contributed by atoms with van der Waals surface area (Å²) >= 11 is 0. The third kappa shape index (κ3) is 4.12. The highest BCUT2D eigenvalue weighted by Crippen LogP contribution is 2.42. The van der Waals surface area contributed by atoms with E-state index in [-0.39, 0.29) is 10.8 Å². The summed E-state index contributed by atoms with van der Waals surface area (Å²) in [6.45, 7) is 14.9. The summed E-state index contributed by atoms with van der Waals surface area (Å²) in [5, 5.41) is 9.51. The van der Waals surface area contributed by atoms with Gasteiger partial charge in [0, 0.05) is 0 Å². The van der Waals surface area contributed by atoms with Crippen molar-refractivity contribution in [1.29, 1.82) is 0 Å². The molecular weight excluding hydrogens is 308 g/mol. The Morgan fingerprint density at radius 3 is 1.68 bits per heavy atom. The second-order valence-electron chi connectivity index (χ2n) is 8.92. The van der Waals surface area contributed by atoms with Crippen LogP contribution in [0.15, 0.2) is 42.5 Å². The molecule has 0 bridgehead atoms. The molecule has 2 aromatic rings. The molecule has 0 spiro atoms. The standard InChI is InChI=1S/C23H30O2/c1-15(21(24)25)17-13-18(22(2,3)4)20(16-11-9-8-10-12-16)19(14-17)23(5,6)7/h8-15H,1-7H3,(H,24,25). The average Bonchev–Trinajstić information content (AvgIpc) is 2.52. The van der Waals surface area contributed by atoms with Crippen LogP contribution in [-0.4, -0.2) is 11.1 Å². The number of hydrogen-bond donors (Lipinski definition) is 1. The Morgan fingerprint density at radius 2 is 1.32 bits per heavy atom. The molecule has 0 saturated carbocycles. The molecule has 0 aliphatic carbocycles. The summed E-state index contributed by atoms with van der Waals surface area (Å²) in [5.41, 5.74) is 5.54. The molecule has 0 radical (unpaired) electrons. The van der Waals surface area contributed by atoms with Crippen LogP contribution in [0.3, 0.4) is 0 Å². The van der Waals surface area contributed by atoms with Gasteiger partial charge in [0.25, 0.3) is 0 Å². The summed E-state index contributed by atoms with van der Waals surface area (Å²) < 4.78 is 0. The second-order valence-corrected chi connectivity index (χ2v) is 8.92. The van der Waals surface area contributed by atoms with E-state index in [0.717, 1.165) is 5.56 Å². The monoisotopic (exact) mass is 338 g/mol. The fraction of sp³-hybridized carbons (Fsp3) is 0.435. The molecule has 134 valence electrons. The number of aliphatic carboxylic acids is 1. The lowest BCUT2D eigenvalue weighted by Crippen LogP contribution is -2.21. The molecule has 0 aliphatic rings. The van der Waals surface area contributed by atoms with E-state index in [0.29, 0.717) is 0 Å². The molecule has 1 N–H and O–H groups in total. The van der Waals surface area contributed by atoms with E-state index in [1.54, 1.807) is 6.92 Å². The van der Waals surface area contributed by atoms with Gasteiger partial charge in [-0.1, -0.05) is 84.0 Å². The van der Waals surface area contributed by atoms with Crippen molar-refractivity contribution < 1.29 is 9.90 Å². The molecule has 0 saturated heterocycles. The van der Waals surface area contributed by atoms with E-state index in [9.17, 15) is 9.90 Å². The number of hydrogen-bond acceptors (Lipinski definition) is 1. The summed E-state index contributed by atoms with van der Waals surface area (Å²) in [6.07, 6.45) is 0. The first-order chi connectivity index (χ1) is 11.4. The van der Waals surface area contributed by atoms with Crippen molar-refractivity contribution in [2.24, 2.45) is 0 Å². The minimum Gasteiger partial charge on any atom is -0.481 e. The fourth-order valence-corrected chi connectivity index (χ4v) is 3.16. The maximum Gasteiger partial charge on any atom is 0.310 e. The predicted molar refractivity (Wildman–Crippen MR) is 105 cm³/mol. The predicted octanol–water partition coefficient (Wildman–Crippen LogP) is 6.14. The molecule has 1 unspecified atom stereocenters. The number of benzene rings is 2. The van der Waals surface area contributed by atoms with Gasteiger partial charge in [0.15, 0.2) is 0 Å². The van der Waals surface area contributed by atoms with Gasteiger partial charge in [0.2, 0.25) is 0 Å². The normalized spacial score (nSPS) is 13.6. The van der Waals surface area contributed by atoms with Gasteiger partial charge in [-0.3, -0.25) is 4.79 Å². The van der Waals surface area contributed by atoms with Crippen molar-refractivity contribution in [2.75, 3.05) is 0 Å². The maximum atomic E-state index is 11.6. The van der Waals surface area contributed by atoms with Gasteiger partial charge in [-0.15, -0.1) is 0 Å². The Morgan fingerprint density at radius 1 is 0.880 bits per heavy atom. The first-order valence-electron chi connectivity index (χ1n) is 8.90. The SMILES string of the molecule is CC(C(=O)O)c1cc(C(C)(C)C)c(-c2ccccc2)c(C(C)(C)C)c1. The lowest BCUT2D eigenvalue weighted by molar-refractivity contribution is -0.138. The third-order valence-electron chi connectivity index (χ3n) is 4.71. The lowest BCUT2D eigenvalue weighted by Gasteiger charge is -2.32. The van der Waals surface area contributed by atoms with Crippen molar-refractivity contribution in [3.63, 3.8) is 0 Å². The minimum atomic E-state index is -0.785. The first kappa shape index (κ1) is 19.2. The number of carbonyl (C=O) groups is 1. The number of carboxylic acid groups (broad SMARTS) is 1. The summed E-state index contributed by atoms with van der Waals surface area (Å²) in [4.78, 5) is 11.6. The van der Waals surface area contributed by atoms with Crippen LogP contribution >= 0.6 is 0 Å². The maximum absolute atomic E-state index is 11.6. The van der Waals surface area contributed by atoms with Crippen LogP contribution < -0.4 is 0 Å². The Hall–Kier alpha value is -2.09. The lowest BCUT2D eigenvalue weighted by atomic mass is 9.72. The molecule has 0 amide bonds. The average molecular weight is 338 g/mol. The largest absolute Gasteiger partial charge is 0.481 e. The second kappa shape index (κ2) is 6.67. The topological polar surface area (TPSA) is 37.3 Å². The minimum absolute atomic E-state index is 0.0839. The van der Waals surface area contributed by atoms with Gasteiger partial charge < -0.3 is 5.11 Å². The van der Waals surface area contributed by atoms with Crippen LogP contribution in [0.2, 0.25) is 0 Å². The van der Waals surface area contributed by atoms with Crippen LogP contribution in [0.4, 0.5) is 0 Å². The van der Waals surface area contributed by atoms with Gasteiger partial charge in [0.1, 0.15) is 0 Å². The van der Waals surface area contributed by atoms with Crippen LogP contribution in [0.1, 0.15) is 71.1 Å². The quantitative estimate of drug-likeness (QED) is 0.730. The van der Waals surface area contributed by atoms with Gasteiger partial charge >= 0.3 is 5.97 Å². The fourth-order valence-electron chi connectivity index (χ4n) is 3.16. The summed E-state index contributed by atoms with van der Waals surface area (Å²) in [5.74, 6) is -1.31. The van der Waals surface area contributed by atoms with E-state index < -0.39 is 11.9 Å². The molecule has 2 nitrogen and oxygen atoms in total. The Kier molecular flexibility index (Phi) is 5.13. The van der Waals surface area contributed by atoms with E-state index in [4.69, 9.17) is 0 Å². The summed E-state index contributed by atoms with van der Waals surface area (Å²) in [6, 6.07) is 14.6. The zero-order chi connectivity index (χ0) is 19.0. The highest BCUT2D eigenvalue weighted by atomic mass is 16.4. The van der Waals surface area contributed by atoms with Gasteiger partial charge in [-0.25, -0.2) is 0 Å². The Balaban J connectivity index is 2.91. The Bertz CT molecular complexity index is 724. The smallest absolute Gasteiger partial charge is 0.310 e. The van der Waals surface area contributed by atoms with Gasteiger partial charge in [-0.2, -0.15) is 0 Å². The van der Waals surface area contributed by atoms with Crippen LogP contribution in [0.25, 0.3) is 11.1 Å². The van der Waals surface area contributed by atoms with Gasteiger partial charge in [0.05, 0.1) is 5.92 Å². The zero-order valence-corrected chi connectivity index (χ0v) is 16.5. The van der Waals surface area contributed by atoms with Crippen molar-refractivity contribution in [3.8, 4) is 11.1 Å². The molecule has 2 rings (SSSR count). The molecule has 0 heterocycles. The molecule has 0 aromatic heterocycles. The summed E-state index contributed by atoms with van der Waals surface area (Å²) in [7, 11) is 0. The third-order valence-corrected chi connectivity index (χ3v) is 4.71. The molecular formula is C23H30O2. The Labute approximate surface area is 151 Å². The van der Waals surface area contributed by atoms with Crippen LogP contribution in [0.5, 0.6) is 0 Å². The molecule has 1 atom stereocenters. The molecule has 0 aliphatic heterocycles. The molecule has 25 heavy (non-hydrogen) atoms. The number of rotatable bonds is 3. The van der Waals surface area contributed by atoms with E-state index in [2.05, 4.69) is 77.9 Å². The molecule has 2 heteroatoms. The van der Waals surface area contributed by atoms with Crippen molar-refractivity contribution >= 4 is 5.97 Å². The van der Waals surface area contributed by atoms with Crippen LogP contribution in [0, 0.1) is 0 Å². The highest BCUT2D eigenvalue weighted by Gasteiger charge is 2.29. The highest BCUT2D eigenvalue weighted by molar-refractivity contribution is 5.79. The first-order valence-corrected chi connectivity index (χ1v) is 8.90. The van der Waals surface area contributed by atoms with E-state index in [1.807, 2.05) is 6.07 Å². The van der Waals surface area contributed by atoms with Crippen molar-refractivity contribution in [1.82, 2.24) is 0 Å². The molecule has 0 fully saturated rings. The zero-order valence-electron chi connectivity index (χ0n) is 16.5. The molecule has 2 aromatic carbocycles. The number of carboxylic acids is 1. The van der Waals surface area contributed by atoms with Crippen molar-refractivity contribution in [3.05, 3.63) is 59.2 Å². The van der Waals surface area contributed by atoms with Gasteiger partial charge in [-0.05, 0) is 45.6 Å². The van der Waals surface area contributed by atoms with Crippen molar-refractivity contribution in [2.45, 2.75) is 65.2 Å². The van der Waals surface area contributed by atoms with Crippen LogP contribution in [-0.2, 0) is 15.6 Å².